The van der Waals surface area contributed by atoms with E-state index in [9.17, 15) is 9.59 Å². The number of carbonyl (C=O) groups excluding carboxylic acids is 1. The number of rotatable bonds is 7. The van der Waals surface area contributed by atoms with Crippen molar-refractivity contribution >= 4 is 23.1 Å². The van der Waals surface area contributed by atoms with E-state index < -0.39 is 23.1 Å². The number of alkyl carbamates (subject to hydrolysis) is 1. The van der Waals surface area contributed by atoms with Crippen LogP contribution < -0.4 is 25.7 Å². The summed E-state index contributed by atoms with van der Waals surface area (Å²) in [6.07, 6.45) is 5.28. The monoisotopic (exact) mass is 583 g/mol. The van der Waals surface area contributed by atoms with E-state index in [2.05, 4.69) is 20.6 Å². The number of methoxy groups -OCH3 is 2. The number of nitrogens with one attached hydrogen (secondary N) is 2. The van der Waals surface area contributed by atoms with Crippen molar-refractivity contribution in [3.63, 3.8) is 0 Å². The van der Waals surface area contributed by atoms with Gasteiger partial charge in [0.05, 0.1) is 44.6 Å². The number of nitrogens with zero attached hydrogens (tertiary/aromatic N) is 3. The molecule has 1 unspecified atom stereocenters. The molecular weight excluding hydrogens is 545 g/mol. The summed E-state index contributed by atoms with van der Waals surface area (Å²) in [6, 6.07) is 3.75. The Morgan fingerprint density at radius 2 is 1.86 bits per heavy atom. The van der Waals surface area contributed by atoms with E-state index in [0.29, 0.717) is 29.3 Å². The minimum absolute atomic E-state index is 0.0348. The molecule has 1 aliphatic heterocycles. The fourth-order valence-electron chi connectivity index (χ4n) is 5.83. The summed E-state index contributed by atoms with van der Waals surface area (Å²) in [5.74, 6) is 0.277. The summed E-state index contributed by atoms with van der Waals surface area (Å²) < 4.78 is 38.7. The number of hydrogen-bond donors (Lipinski definition) is 2. The molecule has 0 radical (unpaired) electrons. The highest BCUT2D eigenvalue weighted by molar-refractivity contribution is 5.82. The lowest BCUT2D eigenvalue weighted by Crippen LogP contribution is -2.50. The van der Waals surface area contributed by atoms with Gasteiger partial charge in [0.2, 0.25) is 5.95 Å². The van der Waals surface area contributed by atoms with Gasteiger partial charge in [-0.25, -0.2) is 14.2 Å². The molecule has 2 aliphatic rings. The van der Waals surface area contributed by atoms with Gasteiger partial charge in [-0.05, 0) is 51.7 Å². The van der Waals surface area contributed by atoms with E-state index >= 15 is 4.39 Å². The minimum atomic E-state index is -0.670. The highest BCUT2D eigenvalue weighted by Crippen LogP contribution is 2.36. The van der Waals surface area contributed by atoms with Crippen LogP contribution in [0, 0.1) is 11.7 Å². The molecule has 0 bridgehead atoms. The van der Waals surface area contributed by atoms with Crippen LogP contribution in [0.2, 0.25) is 0 Å². The Balaban J connectivity index is 1.48. The van der Waals surface area contributed by atoms with Gasteiger partial charge in [0, 0.05) is 30.3 Å². The number of carbonyl (C=O) groups is 1. The van der Waals surface area contributed by atoms with Gasteiger partial charge in [0.25, 0.3) is 5.56 Å². The maximum absolute atomic E-state index is 15.2. The second-order valence-electron chi connectivity index (χ2n) is 11.9. The van der Waals surface area contributed by atoms with Crippen LogP contribution in [0.15, 0.2) is 29.2 Å². The number of ether oxygens (including phenoxy) is 4. The fourth-order valence-corrected chi connectivity index (χ4v) is 5.83. The van der Waals surface area contributed by atoms with Crippen LogP contribution in [-0.2, 0) is 16.5 Å². The van der Waals surface area contributed by atoms with Gasteiger partial charge in [0.1, 0.15) is 17.0 Å². The van der Waals surface area contributed by atoms with Gasteiger partial charge < -0.3 is 29.6 Å². The number of benzene rings is 1. The molecule has 3 heterocycles. The average molecular weight is 584 g/mol. The molecule has 42 heavy (non-hydrogen) atoms. The Labute approximate surface area is 243 Å². The van der Waals surface area contributed by atoms with Crippen LogP contribution in [0.3, 0.4) is 0 Å². The second kappa shape index (κ2) is 11.7. The molecule has 2 aromatic heterocycles. The zero-order chi connectivity index (χ0) is 30.2. The number of aryl methyl sites for hydroxylation is 1. The first kappa shape index (κ1) is 29.6. The van der Waals surface area contributed by atoms with Gasteiger partial charge in [-0.2, -0.15) is 4.98 Å². The first-order valence-corrected chi connectivity index (χ1v) is 14.2. The molecule has 1 amide bonds. The third-order valence-electron chi connectivity index (χ3n) is 7.83. The second-order valence-corrected chi connectivity index (χ2v) is 11.9. The summed E-state index contributed by atoms with van der Waals surface area (Å²) in [5.41, 5.74) is -0.546. The van der Waals surface area contributed by atoms with Crippen LogP contribution in [0.4, 0.5) is 15.1 Å². The van der Waals surface area contributed by atoms with Crippen LogP contribution >= 0.6 is 0 Å². The Hall–Kier alpha value is -3.93. The summed E-state index contributed by atoms with van der Waals surface area (Å²) in [6.45, 7) is 5.76. The van der Waals surface area contributed by atoms with E-state index in [-0.39, 0.29) is 41.0 Å². The largest absolute Gasteiger partial charge is 0.497 e. The van der Waals surface area contributed by atoms with Crippen LogP contribution in [0.1, 0.15) is 46.5 Å². The molecule has 3 atom stereocenters. The number of aromatic nitrogens is 3. The summed E-state index contributed by atoms with van der Waals surface area (Å²) >= 11 is 0. The molecule has 1 saturated carbocycles. The summed E-state index contributed by atoms with van der Waals surface area (Å²) in [4.78, 5) is 35.3. The molecule has 226 valence electrons. The van der Waals surface area contributed by atoms with Gasteiger partial charge in [0.15, 0.2) is 11.6 Å². The van der Waals surface area contributed by atoms with E-state index in [1.807, 2.05) is 20.8 Å². The van der Waals surface area contributed by atoms with E-state index in [0.717, 1.165) is 25.7 Å². The zero-order valence-electron chi connectivity index (χ0n) is 24.8. The number of amides is 1. The first-order chi connectivity index (χ1) is 20.0. The highest BCUT2D eigenvalue weighted by Gasteiger charge is 2.44. The van der Waals surface area contributed by atoms with E-state index in [1.165, 1.54) is 30.9 Å². The van der Waals surface area contributed by atoms with Crippen LogP contribution in [0.25, 0.3) is 22.2 Å². The molecule has 5 rings (SSSR count). The Kier molecular flexibility index (Phi) is 8.27. The Morgan fingerprint density at radius 1 is 1.12 bits per heavy atom. The fraction of sp³-hybridized carbons (Fsp3) is 0.533. The molecule has 3 aromatic rings. The highest BCUT2D eigenvalue weighted by atomic mass is 19.1. The molecule has 11 nitrogen and oxygen atoms in total. The molecular formula is C30H38FN5O6. The predicted octanol–water partition coefficient (Wildman–Crippen LogP) is 4.41. The summed E-state index contributed by atoms with van der Waals surface area (Å²) in [5, 5.41) is 6.87. The Morgan fingerprint density at radius 3 is 2.52 bits per heavy atom. The third kappa shape index (κ3) is 5.99. The van der Waals surface area contributed by atoms with Crippen molar-refractivity contribution in [2.24, 2.45) is 13.0 Å². The van der Waals surface area contributed by atoms with Crippen molar-refractivity contribution in [2.45, 2.75) is 70.2 Å². The average Bonchev–Trinajstić information content (AvgIpc) is 3.61. The van der Waals surface area contributed by atoms with E-state index in [4.69, 9.17) is 18.9 Å². The topological polar surface area (TPSA) is 126 Å². The first-order valence-electron chi connectivity index (χ1n) is 14.2. The van der Waals surface area contributed by atoms with Gasteiger partial charge in [-0.1, -0.05) is 12.8 Å². The van der Waals surface area contributed by atoms with Gasteiger partial charge >= 0.3 is 6.09 Å². The summed E-state index contributed by atoms with van der Waals surface area (Å²) in [7, 11) is 4.38. The normalized spacial score (nSPS) is 21.0. The van der Waals surface area contributed by atoms with Crippen LogP contribution in [-0.4, -0.2) is 65.2 Å². The van der Waals surface area contributed by atoms with Crippen molar-refractivity contribution in [1.82, 2.24) is 19.9 Å². The van der Waals surface area contributed by atoms with Crippen molar-refractivity contribution in [2.75, 3.05) is 26.1 Å². The molecule has 12 heteroatoms. The number of hydrogen-bond acceptors (Lipinski definition) is 9. The molecule has 1 saturated heterocycles. The smallest absolute Gasteiger partial charge is 0.408 e. The lowest BCUT2D eigenvalue weighted by Gasteiger charge is -2.29. The molecule has 0 spiro atoms. The van der Waals surface area contributed by atoms with Crippen molar-refractivity contribution in [1.29, 1.82) is 0 Å². The van der Waals surface area contributed by atoms with Crippen molar-refractivity contribution in [3.8, 4) is 22.6 Å². The quantitative estimate of drug-likeness (QED) is 0.416. The number of fused-ring (bicyclic) bond motifs is 1. The number of halogens is 1. The van der Waals surface area contributed by atoms with E-state index in [1.54, 1.807) is 19.3 Å². The molecule has 2 fully saturated rings. The number of anilines is 1. The zero-order valence-corrected chi connectivity index (χ0v) is 24.8. The third-order valence-corrected chi connectivity index (χ3v) is 7.83. The Bertz CT molecular complexity index is 1530. The van der Waals surface area contributed by atoms with Gasteiger partial charge in [-0.3, -0.25) is 9.36 Å². The maximum atomic E-state index is 15.2. The maximum Gasteiger partial charge on any atom is 0.408 e. The van der Waals surface area contributed by atoms with Crippen molar-refractivity contribution in [3.05, 3.63) is 40.6 Å². The standard InChI is InChI=1S/C30H38FN5O6/c1-30(2,3)42-29(38)33-21-15-41-25(16-9-7-8-10-16)24(21)34-28-32-14-17-11-20(27(37)36(4)26(17)35-28)19-12-18(39-5)13-22(40-6)23(19)31/h11-14,16,21,24-25H,7-10,15H2,1-6H3,(H,33,38)(H,32,34,35)/t21-,24-,25?/m0/s1. The minimum Gasteiger partial charge on any atom is -0.497 e. The molecule has 1 aromatic carbocycles. The van der Waals surface area contributed by atoms with Crippen molar-refractivity contribution < 1.29 is 28.1 Å². The number of pyridine rings is 1. The lowest BCUT2D eigenvalue weighted by molar-refractivity contribution is 0.0478. The molecule has 2 N–H and O–H groups in total. The SMILES string of the molecule is COc1cc(OC)c(F)c(-c2cc3cnc(N[C@@H]4C(C5CCCC5)OC[C@@H]4NC(=O)OC(C)(C)C)nc3n(C)c2=O)c1. The van der Waals surface area contributed by atoms with Gasteiger partial charge in [-0.15, -0.1) is 0 Å². The van der Waals surface area contributed by atoms with Crippen LogP contribution in [0.5, 0.6) is 11.5 Å². The lowest BCUT2D eigenvalue weighted by atomic mass is 9.93. The predicted molar refractivity (Wildman–Crippen MR) is 156 cm³/mol. The molecule has 1 aliphatic carbocycles.